The maximum atomic E-state index is 12.6. The molecule has 1 aromatic heterocycles. The number of benzene rings is 2. The van der Waals surface area contributed by atoms with E-state index in [-0.39, 0.29) is 17.9 Å². The number of anilines is 1. The second kappa shape index (κ2) is 10.3. The van der Waals surface area contributed by atoms with Crippen molar-refractivity contribution in [1.82, 2.24) is 9.97 Å². The summed E-state index contributed by atoms with van der Waals surface area (Å²) in [5, 5.41) is 3.61. The number of aromatic amines is 1. The van der Waals surface area contributed by atoms with E-state index >= 15 is 0 Å². The predicted octanol–water partition coefficient (Wildman–Crippen LogP) is 4.81. The van der Waals surface area contributed by atoms with Crippen molar-refractivity contribution in [3.05, 3.63) is 86.8 Å². The Kier molecular flexibility index (Phi) is 7.46. The molecule has 1 heterocycles. The Balaban J connectivity index is 1.63. The summed E-state index contributed by atoms with van der Waals surface area (Å²) in [6.45, 7) is 5.88. The first kappa shape index (κ1) is 21.8. The van der Waals surface area contributed by atoms with Crippen molar-refractivity contribution in [2.45, 2.75) is 50.9 Å². The van der Waals surface area contributed by atoms with Crippen molar-refractivity contribution in [3.63, 3.8) is 0 Å². The van der Waals surface area contributed by atoms with Crippen LogP contribution in [0.15, 0.2) is 58.5 Å². The molecule has 0 saturated heterocycles. The molecule has 0 spiro atoms. The summed E-state index contributed by atoms with van der Waals surface area (Å²) in [4.78, 5) is 32.4. The highest BCUT2D eigenvalue weighted by atomic mass is 32.2. The van der Waals surface area contributed by atoms with Gasteiger partial charge >= 0.3 is 0 Å². The van der Waals surface area contributed by atoms with Crippen molar-refractivity contribution in [2.24, 2.45) is 0 Å². The summed E-state index contributed by atoms with van der Waals surface area (Å²) in [5.41, 5.74) is 5.27. The Labute approximate surface area is 181 Å². The molecule has 3 rings (SSSR count). The van der Waals surface area contributed by atoms with Gasteiger partial charge in [0.05, 0.1) is 0 Å². The number of amides is 1. The van der Waals surface area contributed by atoms with E-state index in [1.807, 2.05) is 62.4 Å². The first-order valence-corrected chi connectivity index (χ1v) is 11.1. The molecule has 0 aliphatic heterocycles. The van der Waals surface area contributed by atoms with Crippen LogP contribution in [-0.4, -0.2) is 15.9 Å². The average molecular weight is 422 g/mol. The summed E-state index contributed by atoms with van der Waals surface area (Å²) in [6.07, 6.45) is 1.44. The Morgan fingerprint density at radius 2 is 1.87 bits per heavy atom. The second-order valence-corrected chi connectivity index (χ2v) is 8.18. The normalized spacial score (nSPS) is 10.8. The van der Waals surface area contributed by atoms with E-state index in [0.717, 1.165) is 29.0 Å². The zero-order valence-corrected chi connectivity index (χ0v) is 18.4. The van der Waals surface area contributed by atoms with E-state index in [9.17, 15) is 9.59 Å². The van der Waals surface area contributed by atoms with Gasteiger partial charge in [-0.2, -0.15) is 0 Å². The van der Waals surface area contributed by atoms with Crippen LogP contribution < -0.4 is 10.9 Å². The molecule has 0 fully saturated rings. The van der Waals surface area contributed by atoms with Gasteiger partial charge in [-0.15, -0.1) is 0 Å². The van der Waals surface area contributed by atoms with Gasteiger partial charge in [-0.3, -0.25) is 9.59 Å². The van der Waals surface area contributed by atoms with Gasteiger partial charge in [-0.1, -0.05) is 67.2 Å². The van der Waals surface area contributed by atoms with Crippen LogP contribution in [0, 0.1) is 13.8 Å². The molecule has 0 unspecified atom stereocenters. The Morgan fingerprint density at radius 3 is 2.57 bits per heavy atom. The minimum Gasteiger partial charge on any atom is -0.326 e. The number of carbonyl (C=O) groups excluding carboxylic acids is 1. The highest BCUT2D eigenvalue weighted by Crippen LogP contribution is 2.22. The third-order valence-electron chi connectivity index (χ3n) is 5.03. The van der Waals surface area contributed by atoms with Gasteiger partial charge in [-0.25, -0.2) is 4.98 Å². The van der Waals surface area contributed by atoms with Gasteiger partial charge in [0, 0.05) is 29.1 Å². The van der Waals surface area contributed by atoms with Crippen LogP contribution in [0.2, 0.25) is 0 Å². The van der Waals surface area contributed by atoms with E-state index in [1.165, 1.54) is 17.3 Å². The standard InChI is InChI=1S/C24H27N3O2S/c1-4-19-12-8-9-16(2)22(19)26-21(28)14-13-20-17(3)25-24(27-23(20)29)30-15-18-10-6-5-7-11-18/h5-12H,4,13-15H2,1-3H3,(H,26,28)(H,25,27,29). The third kappa shape index (κ3) is 5.60. The fourth-order valence-corrected chi connectivity index (χ4v) is 4.18. The molecule has 0 saturated carbocycles. The van der Waals surface area contributed by atoms with Gasteiger partial charge in [0.25, 0.3) is 5.56 Å². The number of hydrogen-bond donors (Lipinski definition) is 2. The van der Waals surface area contributed by atoms with E-state index in [2.05, 4.69) is 22.2 Å². The Hall–Kier alpha value is -2.86. The number of rotatable bonds is 8. The number of H-pyrrole nitrogens is 1. The monoisotopic (exact) mass is 421 g/mol. The highest BCUT2D eigenvalue weighted by molar-refractivity contribution is 7.98. The van der Waals surface area contributed by atoms with Crippen LogP contribution in [-0.2, 0) is 23.4 Å². The lowest BCUT2D eigenvalue weighted by atomic mass is 10.1. The number of nitrogens with zero attached hydrogens (tertiary/aromatic N) is 1. The number of para-hydroxylation sites is 1. The smallest absolute Gasteiger partial charge is 0.254 e. The van der Waals surface area contributed by atoms with Gasteiger partial charge < -0.3 is 10.3 Å². The molecule has 2 N–H and O–H groups in total. The molecule has 1 amide bonds. The SMILES string of the molecule is CCc1cccc(C)c1NC(=O)CCc1c(C)nc(SCc2ccccc2)[nH]c1=O. The minimum absolute atomic E-state index is 0.0969. The fraction of sp³-hybridized carbons (Fsp3) is 0.292. The van der Waals surface area contributed by atoms with E-state index in [1.54, 1.807) is 0 Å². The molecule has 30 heavy (non-hydrogen) atoms. The van der Waals surface area contributed by atoms with Crippen molar-refractivity contribution in [1.29, 1.82) is 0 Å². The maximum Gasteiger partial charge on any atom is 0.254 e. The van der Waals surface area contributed by atoms with Crippen LogP contribution in [0.4, 0.5) is 5.69 Å². The summed E-state index contributed by atoms with van der Waals surface area (Å²) < 4.78 is 0. The summed E-state index contributed by atoms with van der Waals surface area (Å²) in [7, 11) is 0. The fourth-order valence-electron chi connectivity index (χ4n) is 3.32. The number of hydrogen-bond acceptors (Lipinski definition) is 4. The molecule has 0 bridgehead atoms. The quantitative estimate of drug-likeness (QED) is 0.404. The van der Waals surface area contributed by atoms with Crippen LogP contribution in [0.3, 0.4) is 0 Å². The van der Waals surface area contributed by atoms with Crippen molar-refractivity contribution < 1.29 is 4.79 Å². The lowest BCUT2D eigenvalue weighted by molar-refractivity contribution is -0.116. The molecule has 0 aliphatic rings. The molecular formula is C24H27N3O2S. The summed E-state index contributed by atoms with van der Waals surface area (Å²) >= 11 is 1.50. The predicted molar refractivity (Wildman–Crippen MR) is 123 cm³/mol. The van der Waals surface area contributed by atoms with Crippen LogP contribution in [0.1, 0.15) is 41.3 Å². The van der Waals surface area contributed by atoms with E-state index in [4.69, 9.17) is 0 Å². The Bertz CT molecular complexity index is 1080. The van der Waals surface area contributed by atoms with Crippen molar-refractivity contribution >= 4 is 23.4 Å². The lowest BCUT2D eigenvalue weighted by Crippen LogP contribution is -2.20. The first-order valence-electron chi connectivity index (χ1n) is 10.1. The van der Waals surface area contributed by atoms with E-state index < -0.39 is 0 Å². The molecule has 0 radical (unpaired) electrons. The van der Waals surface area contributed by atoms with Gasteiger partial charge in [0.1, 0.15) is 0 Å². The third-order valence-corrected chi connectivity index (χ3v) is 5.97. The zero-order chi connectivity index (χ0) is 21.5. The summed E-state index contributed by atoms with van der Waals surface area (Å²) in [5.74, 6) is 0.640. The average Bonchev–Trinajstić information content (AvgIpc) is 2.74. The molecule has 6 heteroatoms. The van der Waals surface area contributed by atoms with Crippen molar-refractivity contribution in [2.75, 3.05) is 5.32 Å². The number of nitrogens with one attached hydrogen (secondary N) is 2. The molecular weight excluding hydrogens is 394 g/mol. The van der Waals surface area contributed by atoms with E-state index in [0.29, 0.717) is 22.8 Å². The molecule has 5 nitrogen and oxygen atoms in total. The first-order chi connectivity index (χ1) is 14.5. The molecule has 156 valence electrons. The molecule has 0 atom stereocenters. The largest absolute Gasteiger partial charge is 0.326 e. The van der Waals surface area contributed by atoms with Crippen LogP contribution in [0.5, 0.6) is 0 Å². The zero-order valence-electron chi connectivity index (χ0n) is 17.6. The number of aryl methyl sites for hydroxylation is 3. The number of aromatic nitrogens is 2. The number of carbonyl (C=O) groups is 1. The molecule has 0 aliphatic carbocycles. The van der Waals surface area contributed by atoms with Crippen molar-refractivity contribution in [3.8, 4) is 0 Å². The van der Waals surface area contributed by atoms with Crippen LogP contribution >= 0.6 is 11.8 Å². The van der Waals surface area contributed by atoms with Crippen LogP contribution in [0.25, 0.3) is 0 Å². The van der Waals surface area contributed by atoms with Gasteiger partial charge in [0.15, 0.2) is 5.16 Å². The summed E-state index contributed by atoms with van der Waals surface area (Å²) in [6, 6.07) is 16.1. The minimum atomic E-state index is -0.170. The van der Waals surface area contributed by atoms with Gasteiger partial charge in [0.2, 0.25) is 5.91 Å². The lowest BCUT2D eigenvalue weighted by Gasteiger charge is -2.13. The molecule has 2 aromatic carbocycles. The highest BCUT2D eigenvalue weighted by Gasteiger charge is 2.13. The second-order valence-electron chi connectivity index (χ2n) is 7.22. The topological polar surface area (TPSA) is 74.8 Å². The van der Waals surface area contributed by atoms with Gasteiger partial charge in [-0.05, 0) is 43.4 Å². The number of thioether (sulfide) groups is 1. The molecule has 3 aromatic rings. The maximum absolute atomic E-state index is 12.6. The Morgan fingerprint density at radius 1 is 1.10 bits per heavy atom.